The Labute approximate surface area is 271 Å². The number of piperidine rings is 1. The molecule has 0 saturated carbocycles. The highest BCUT2D eigenvalue weighted by Crippen LogP contribution is 2.34. The molecule has 12 nitrogen and oxygen atoms in total. The molecule has 0 aliphatic carbocycles. The third-order valence-corrected chi connectivity index (χ3v) is 8.51. The molecule has 1 aromatic heterocycles. The van der Waals surface area contributed by atoms with Crippen molar-refractivity contribution in [3.05, 3.63) is 76.6 Å². The third kappa shape index (κ3) is 5.75. The Morgan fingerprint density at radius 1 is 1.04 bits per heavy atom. The second-order valence-corrected chi connectivity index (χ2v) is 12.1. The summed E-state index contributed by atoms with van der Waals surface area (Å²) >= 11 is 0. The standard InChI is InChI=1S/C33H26F3N7O5/c1-32(2,31(48)39-21-7-6-20(13-37)25(12-21)33(34,35)36)42-17-22(14-38-42)41-15-19(16-41)4-3-18-5-8-23-24(11-18)30(47)43(29(23)46)26-9-10-27(44)40-28(26)45/h5-8,11-12,14,17,19,26H,9-10,15-16H2,1-2H3,(H,39,48)(H,40,44,45). The van der Waals surface area contributed by atoms with Crippen LogP contribution in [0.25, 0.3) is 0 Å². The lowest BCUT2D eigenvalue weighted by Crippen LogP contribution is -2.54. The molecule has 2 aromatic carbocycles. The van der Waals surface area contributed by atoms with E-state index in [0.29, 0.717) is 24.3 Å². The van der Waals surface area contributed by atoms with E-state index in [1.807, 2.05) is 4.90 Å². The van der Waals surface area contributed by atoms with Gasteiger partial charge in [-0.15, -0.1) is 0 Å². The smallest absolute Gasteiger partial charge is 0.366 e. The largest absolute Gasteiger partial charge is 0.417 e. The summed E-state index contributed by atoms with van der Waals surface area (Å²) in [4.78, 5) is 65.7. The summed E-state index contributed by atoms with van der Waals surface area (Å²) in [5.74, 6) is 3.20. The van der Waals surface area contributed by atoms with Crippen molar-refractivity contribution >= 4 is 40.9 Å². The van der Waals surface area contributed by atoms with E-state index in [1.165, 1.54) is 29.0 Å². The molecule has 15 heteroatoms. The van der Waals surface area contributed by atoms with Gasteiger partial charge in [-0.05, 0) is 56.7 Å². The van der Waals surface area contributed by atoms with E-state index >= 15 is 0 Å². The number of hydrogen-bond acceptors (Lipinski definition) is 8. The number of hydrogen-bond donors (Lipinski definition) is 2. The fraction of sp³-hybridized carbons (Fsp3) is 0.303. The fourth-order valence-electron chi connectivity index (χ4n) is 5.64. The maximum atomic E-state index is 13.4. The number of nitrogens with one attached hydrogen (secondary N) is 2. The normalized spacial score (nSPS) is 18.0. The average Bonchev–Trinajstić information content (AvgIpc) is 3.59. The van der Waals surface area contributed by atoms with Crippen LogP contribution in [-0.2, 0) is 26.1 Å². The minimum atomic E-state index is -4.76. The highest BCUT2D eigenvalue weighted by atomic mass is 19.4. The Morgan fingerprint density at radius 2 is 1.77 bits per heavy atom. The number of carbonyl (C=O) groups excluding carboxylic acids is 5. The van der Waals surface area contributed by atoms with Gasteiger partial charge in [0.05, 0.1) is 46.1 Å². The van der Waals surface area contributed by atoms with Crippen LogP contribution in [0.3, 0.4) is 0 Å². The number of aromatic nitrogens is 2. The molecule has 2 N–H and O–H groups in total. The first kappa shape index (κ1) is 32.0. The molecule has 0 spiro atoms. The van der Waals surface area contributed by atoms with Crippen LogP contribution in [0.2, 0.25) is 0 Å². The zero-order chi connectivity index (χ0) is 34.5. The third-order valence-electron chi connectivity index (χ3n) is 8.51. The highest BCUT2D eigenvalue weighted by molar-refractivity contribution is 6.23. The maximum Gasteiger partial charge on any atom is 0.417 e. The molecule has 1 atom stereocenters. The lowest BCUT2D eigenvalue weighted by atomic mass is 9.99. The van der Waals surface area contributed by atoms with E-state index in [9.17, 15) is 37.1 Å². The SMILES string of the molecule is CC(C)(C(=O)Nc1ccc(C#N)c(C(F)(F)F)c1)n1cc(N2CC(C#Cc3ccc4c(c3)C(=O)N(C3CCC(=O)NC3=O)C4=O)C2)cn1. The average molecular weight is 658 g/mol. The summed E-state index contributed by atoms with van der Waals surface area (Å²) in [5.41, 5.74) is -1.55. The molecule has 3 aromatic rings. The topological polar surface area (TPSA) is 158 Å². The predicted octanol–water partition coefficient (Wildman–Crippen LogP) is 3.04. The Bertz CT molecular complexity index is 2010. The van der Waals surface area contributed by atoms with Crippen molar-refractivity contribution in [2.75, 3.05) is 23.3 Å². The second-order valence-electron chi connectivity index (χ2n) is 12.1. The van der Waals surface area contributed by atoms with Gasteiger partial charge in [0.1, 0.15) is 11.6 Å². The molecule has 48 heavy (non-hydrogen) atoms. The molecule has 244 valence electrons. The van der Waals surface area contributed by atoms with E-state index in [4.69, 9.17) is 5.26 Å². The van der Waals surface area contributed by atoms with Crippen LogP contribution < -0.4 is 15.5 Å². The van der Waals surface area contributed by atoms with Gasteiger partial charge in [0.2, 0.25) is 11.8 Å². The van der Waals surface area contributed by atoms with Crippen LogP contribution in [-0.4, -0.2) is 63.3 Å². The molecular formula is C33H26F3N7O5. The number of nitriles is 1. The molecule has 2 saturated heterocycles. The summed E-state index contributed by atoms with van der Waals surface area (Å²) < 4.78 is 41.5. The zero-order valence-electron chi connectivity index (χ0n) is 25.5. The molecule has 0 bridgehead atoms. The molecule has 0 radical (unpaired) electrons. The number of carbonyl (C=O) groups is 5. The van der Waals surface area contributed by atoms with Crippen molar-refractivity contribution in [1.82, 2.24) is 20.0 Å². The van der Waals surface area contributed by atoms with Gasteiger partial charge in [-0.25, -0.2) is 0 Å². The molecular weight excluding hydrogens is 631 g/mol. The Balaban J connectivity index is 1.08. The molecule has 4 heterocycles. The van der Waals surface area contributed by atoms with Gasteiger partial charge in [-0.1, -0.05) is 11.8 Å². The molecule has 3 aliphatic heterocycles. The summed E-state index contributed by atoms with van der Waals surface area (Å²) in [5, 5.41) is 18.0. The lowest BCUT2D eigenvalue weighted by Gasteiger charge is -2.37. The number of fused-ring (bicyclic) bond motifs is 1. The van der Waals surface area contributed by atoms with E-state index in [1.54, 1.807) is 32.3 Å². The van der Waals surface area contributed by atoms with Crippen molar-refractivity contribution in [3.63, 3.8) is 0 Å². The highest BCUT2D eigenvalue weighted by Gasteiger charge is 2.44. The maximum absolute atomic E-state index is 13.4. The quantitative estimate of drug-likeness (QED) is 0.313. The Morgan fingerprint density at radius 3 is 2.46 bits per heavy atom. The van der Waals surface area contributed by atoms with E-state index in [0.717, 1.165) is 17.0 Å². The van der Waals surface area contributed by atoms with Gasteiger partial charge in [0, 0.05) is 37.0 Å². The van der Waals surface area contributed by atoms with Crippen molar-refractivity contribution in [2.45, 2.75) is 44.4 Å². The minimum Gasteiger partial charge on any atom is -0.366 e. The zero-order valence-corrected chi connectivity index (χ0v) is 25.5. The van der Waals surface area contributed by atoms with Crippen molar-refractivity contribution in [2.24, 2.45) is 5.92 Å². The Kier molecular flexibility index (Phi) is 7.79. The van der Waals surface area contributed by atoms with E-state index in [2.05, 4.69) is 27.6 Å². The monoisotopic (exact) mass is 657 g/mol. The van der Waals surface area contributed by atoms with E-state index < -0.39 is 58.4 Å². The van der Waals surface area contributed by atoms with Gasteiger partial charge >= 0.3 is 6.18 Å². The summed E-state index contributed by atoms with van der Waals surface area (Å²) in [6.45, 7) is 4.22. The molecule has 5 amide bonds. The van der Waals surface area contributed by atoms with Gasteiger partial charge < -0.3 is 10.2 Å². The van der Waals surface area contributed by atoms with Gasteiger partial charge in [0.15, 0.2) is 0 Å². The van der Waals surface area contributed by atoms with Crippen LogP contribution in [0.15, 0.2) is 48.8 Å². The molecule has 1 unspecified atom stereocenters. The molecule has 6 rings (SSSR count). The first-order valence-corrected chi connectivity index (χ1v) is 14.8. The number of nitrogens with zero attached hydrogens (tertiary/aromatic N) is 5. The van der Waals surface area contributed by atoms with Crippen LogP contribution in [0.1, 0.15) is 64.1 Å². The van der Waals surface area contributed by atoms with Crippen molar-refractivity contribution in [1.29, 1.82) is 5.26 Å². The number of benzene rings is 2. The number of rotatable bonds is 5. The number of alkyl halides is 3. The lowest BCUT2D eigenvalue weighted by molar-refractivity contribution is -0.138. The second kappa shape index (κ2) is 11.7. The Hall–Kier alpha value is -5.96. The number of imide groups is 2. The first-order valence-electron chi connectivity index (χ1n) is 14.8. The minimum absolute atomic E-state index is 0.0295. The van der Waals surface area contributed by atoms with Crippen LogP contribution >= 0.6 is 0 Å². The summed E-state index contributed by atoms with van der Waals surface area (Å²) in [7, 11) is 0. The van der Waals surface area contributed by atoms with Gasteiger partial charge in [-0.2, -0.15) is 23.5 Å². The van der Waals surface area contributed by atoms with Crippen LogP contribution in [0.4, 0.5) is 24.5 Å². The summed E-state index contributed by atoms with van der Waals surface area (Å²) in [6, 6.07) is 8.05. The molecule has 3 aliphatic rings. The number of anilines is 2. The van der Waals surface area contributed by atoms with Gasteiger partial charge in [-0.3, -0.25) is 38.9 Å². The number of amides is 5. The van der Waals surface area contributed by atoms with E-state index in [-0.39, 0.29) is 35.6 Å². The fourth-order valence-corrected chi connectivity index (χ4v) is 5.64. The van der Waals surface area contributed by atoms with Crippen LogP contribution in [0, 0.1) is 29.1 Å². The van der Waals surface area contributed by atoms with Crippen LogP contribution in [0.5, 0.6) is 0 Å². The first-order chi connectivity index (χ1) is 22.7. The molecule has 2 fully saturated rings. The number of halogens is 3. The predicted molar refractivity (Wildman–Crippen MR) is 162 cm³/mol. The van der Waals surface area contributed by atoms with Gasteiger partial charge in [0.25, 0.3) is 17.7 Å². The summed E-state index contributed by atoms with van der Waals surface area (Å²) in [6.07, 6.45) is -1.45. The van der Waals surface area contributed by atoms with Crippen molar-refractivity contribution < 1.29 is 37.1 Å². The van der Waals surface area contributed by atoms with Crippen molar-refractivity contribution in [3.8, 4) is 17.9 Å².